The molecule has 2 aromatic heterocycles. The van der Waals surface area contributed by atoms with E-state index in [0.717, 1.165) is 0 Å². The van der Waals surface area contributed by atoms with Crippen LogP contribution in [0, 0.1) is 0 Å². The Morgan fingerprint density at radius 3 is 1.61 bits per heavy atom. The fourth-order valence-electron chi connectivity index (χ4n) is 5.61. The van der Waals surface area contributed by atoms with Crippen LogP contribution in [0.4, 0.5) is 17.1 Å². The predicted octanol–water partition coefficient (Wildman–Crippen LogP) is 14.0. The fourth-order valence-corrected chi connectivity index (χ4v) is 5.61. The standard InChI is InChI=1S/C48H31NO2/c1-3-14-32(15-4-1)33-26-28-35(29-27-33)49(34-16-5-2-6-17-34)43-31-30-41(48-46(43)42-21-10-12-25-45(42)51-48)37-19-8-7-18-36(37)39-22-13-23-40-38-20-9-11-24-44(38)50-47(39)40/h1-31H/i1D,2D,3D,4D,5D,6D,7D,8D,9D,10D,11D,12D,13D,14D,15D,16D,17D,18D,19D,20D,21D,22D,23D,24D,25D,26D,27D,28D,29D,30D,31D. The molecule has 0 bridgehead atoms. The minimum Gasteiger partial charge on any atom is -0.455 e. The fraction of sp³-hybridized carbons (Fsp3) is 0. The number of hydrogen-bond donors (Lipinski definition) is 0. The molecule has 0 saturated carbocycles. The molecule has 0 saturated heterocycles. The number of furan rings is 2. The molecule has 3 heteroatoms. The van der Waals surface area contributed by atoms with Crippen molar-refractivity contribution in [1.82, 2.24) is 0 Å². The lowest BCUT2D eigenvalue weighted by atomic mass is 9.92. The van der Waals surface area contributed by atoms with E-state index in [1.165, 1.54) is 0 Å². The van der Waals surface area contributed by atoms with Crippen LogP contribution in [0.3, 0.4) is 0 Å². The van der Waals surface area contributed by atoms with Gasteiger partial charge < -0.3 is 13.7 Å². The second-order valence-corrected chi connectivity index (χ2v) is 10.5. The smallest absolute Gasteiger partial charge is 0.145 e. The van der Waals surface area contributed by atoms with E-state index < -0.39 is 282 Å². The van der Waals surface area contributed by atoms with E-state index in [9.17, 15) is 16.4 Å². The highest BCUT2D eigenvalue weighted by Gasteiger charge is 2.24. The van der Waals surface area contributed by atoms with E-state index in [2.05, 4.69) is 0 Å². The lowest BCUT2D eigenvalue weighted by Gasteiger charge is -2.27. The first-order valence-electron chi connectivity index (χ1n) is 30.2. The molecule has 0 fully saturated rings. The quantitative estimate of drug-likeness (QED) is 0.175. The van der Waals surface area contributed by atoms with Crippen LogP contribution in [0.15, 0.2) is 196 Å². The van der Waals surface area contributed by atoms with Crippen molar-refractivity contribution in [3.63, 3.8) is 0 Å². The molecule has 0 spiro atoms. The zero-order valence-corrected chi connectivity index (χ0v) is 25.3. The van der Waals surface area contributed by atoms with Crippen LogP contribution < -0.4 is 4.90 Å². The van der Waals surface area contributed by atoms with Crippen molar-refractivity contribution in [2.24, 2.45) is 0 Å². The molecule has 0 aliphatic rings. The minimum atomic E-state index is -1.30. The molecule has 0 atom stereocenters. The molecule has 0 radical (unpaired) electrons. The molecule has 2 heterocycles. The topological polar surface area (TPSA) is 29.5 Å². The molecule has 0 unspecified atom stereocenters. The SMILES string of the molecule is [2H]c1c([2H])c([2H])c(-c2c([2H])c([2H])c(N(c3c([2H])c([2H])c([2H])c([2H])c3[2H])c3c([2H])c([2H])c(-c4c([2H])c([2H])c([2H])c([2H])c4-c4c([2H])c([2H])c([2H])c5c4oc4c([2H])c([2H])c([2H])c([2H])c45)c4oc5c([2H])c([2H])c([2H])c([2H])c5c34)c([2H])c2[2H])c([2H])c1[2H]. The number of hydrogen-bond acceptors (Lipinski definition) is 3. The summed E-state index contributed by atoms with van der Waals surface area (Å²) in [7, 11) is 0. The normalized spacial score (nSPS) is 20.0. The highest BCUT2D eigenvalue weighted by atomic mass is 16.3. The van der Waals surface area contributed by atoms with Crippen molar-refractivity contribution in [3.8, 4) is 33.4 Å². The molecule has 240 valence electrons. The zero-order valence-electron chi connectivity index (χ0n) is 56.3. The summed E-state index contributed by atoms with van der Waals surface area (Å²) in [5.41, 5.74) is -11.7. The molecule has 10 rings (SSSR count). The van der Waals surface area contributed by atoms with Crippen molar-refractivity contribution >= 4 is 60.9 Å². The largest absolute Gasteiger partial charge is 0.455 e. The number of fused-ring (bicyclic) bond motifs is 6. The molecule has 10 aromatic rings. The summed E-state index contributed by atoms with van der Waals surface area (Å²) < 4.78 is 290. The molecule has 51 heavy (non-hydrogen) atoms. The van der Waals surface area contributed by atoms with Gasteiger partial charge in [0.05, 0.1) is 53.6 Å². The number of para-hydroxylation sites is 4. The van der Waals surface area contributed by atoms with Crippen LogP contribution >= 0.6 is 0 Å². The third kappa shape index (κ3) is 4.82. The summed E-state index contributed by atoms with van der Waals surface area (Å²) in [5.74, 6) is 0. The average Bonchev–Trinajstić information content (AvgIpc) is 1.49. The Bertz CT molecular complexity index is 4570. The summed E-state index contributed by atoms with van der Waals surface area (Å²) in [4.78, 5) is 0.383. The third-order valence-corrected chi connectivity index (χ3v) is 7.75. The number of anilines is 3. The minimum absolute atomic E-state index is 0.383. The van der Waals surface area contributed by atoms with Gasteiger partial charge in [0.25, 0.3) is 0 Å². The molecule has 0 aliphatic carbocycles. The van der Waals surface area contributed by atoms with Crippen LogP contribution in [0.2, 0.25) is 0 Å². The number of nitrogens with zero attached hydrogens (tertiary/aromatic N) is 1. The molecule has 0 aliphatic heterocycles. The van der Waals surface area contributed by atoms with E-state index in [1.54, 1.807) is 0 Å². The maximum absolute atomic E-state index is 10.0. The Balaban J connectivity index is 1.47. The Kier molecular flexibility index (Phi) is 2.72. The first kappa shape index (κ1) is 11.6. The second kappa shape index (κ2) is 11.9. The second-order valence-electron chi connectivity index (χ2n) is 10.5. The molecule has 0 N–H and O–H groups in total. The van der Waals surface area contributed by atoms with Crippen molar-refractivity contribution in [2.75, 3.05) is 4.90 Å². The summed E-state index contributed by atoms with van der Waals surface area (Å²) in [6.45, 7) is 0. The van der Waals surface area contributed by atoms with Gasteiger partial charge in [-0.3, -0.25) is 0 Å². The van der Waals surface area contributed by atoms with Gasteiger partial charge in [-0.15, -0.1) is 0 Å². The highest BCUT2D eigenvalue weighted by Crippen LogP contribution is 2.48. The maximum Gasteiger partial charge on any atom is 0.145 e. The van der Waals surface area contributed by atoms with Crippen LogP contribution in [0.25, 0.3) is 77.3 Å². The van der Waals surface area contributed by atoms with Gasteiger partial charge in [-0.2, -0.15) is 0 Å². The Morgan fingerprint density at radius 2 is 0.863 bits per heavy atom. The lowest BCUT2D eigenvalue weighted by Crippen LogP contribution is -2.10. The van der Waals surface area contributed by atoms with Crippen LogP contribution in [-0.2, 0) is 0 Å². The number of rotatable bonds is 6. The van der Waals surface area contributed by atoms with E-state index in [1.807, 2.05) is 0 Å². The van der Waals surface area contributed by atoms with Gasteiger partial charge in [-0.25, -0.2) is 0 Å². The Morgan fingerprint density at radius 1 is 0.353 bits per heavy atom. The Hall–Kier alpha value is -6.84. The van der Waals surface area contributed by atoms with Crippen LogP contribution in [-0.4, -0.2) is 0 Å². The molecule has 8 aromatic carbocycles. The molecule has 0 amide bonds. The van der Waals surface area contributed by atoms with E-state index >= 15 is 0 Å². The van der Waals surface area contributed by atoms with Gasteiger partial charge in [0, 0.05) is 38.7 Å². The summed E-state index contributed by atoms with van der Waals surface area (Å²) >= 11 is 0. The van der Waals surface area contributed by atoms with Crippen LogP contribution in [0.1, 0.15) is 42.5 Å². The van der Waals surface area contributed by atoms with Crippen LogP contribution in [0.5, 0.6) is 0 Å². The monoisotopic (exact) mass is 684 g/mol. The van der Waals surface area contributed by atoms with Gasteiger partial charge in [0.1, 0.15) is 22.3 Å². The van der Waals surface area contributed by atoms with E-state index in [0.29, 0.717) is 4.90 Å². The number of benzene rings is 8. The van der Waals surface area contributed by atoms with Gasteiger partial charge in [0.2, 0.25) is 0 Å². The van der Waals surface area contributed by atoms with Crippen molar-refractivity contribution in [3.05, 3.63) is 187 Å². The van der Waals surface area contributed by atoms with E-state index in [-0.39, 0.29) is 0 Å². The summed E-state index contributed by atoms with van der Waals surface area (Å²) in [6.07, 6.45) is 0. The van der Waals surface area contributed by atoms with Gasteiger partial charge >= 0.3 is 0 Å². The van der Waals surface area contributed by atoms with Gasteiger partial charge in [-0.1, -0.05) is 139 Å². The molecular formula is C48H31NO2. The maximum atomic E-state index is 10.0. The van der Waals surface area contributed by atoms with Crippen molar-refractivity contribution in [1.29, 1.82) is 0 Å². The zero-order chi connectivity index (χ0) is 60.7. The average molecular weight is 685 g/mol. The molecular weight excluding hydrogens is 623 g/mol. The first-order valence-corrected chi connectivity index (χ1v) is 14.7. The highest BCUT2D eigenvalue weighted by molar-refractivity contribution is 6.18. The first-order chi connectivity index (χ1) is 38.2. The third-order valence-electron chi connectivity index (χ3n) is 7.75. The molecule has 3 nitrogen and oxygen atoms in total. The van der Waals surface area contributed by atoms with Crippen molar-refractivity contribution < 1.29 is 51.3 Å². The van der Waals surface area contributed by atoms with Gasteiger partial charge in [-0.05, 0) is 70.6 Å². The summed E-state index contributed by atoms with van der Waals surface area (Å²) in [6, 6.07) is -32.3. The Labute approximate surface area is 338 Å². The van der Waals surface area contributed by atoms with E-state index in [4.69, 9.17) is 34.9 Å². The summed E-state index contributed by atoms with van der Waals surface area (Å²) in [5, 5.41) is -2.65. The predicted molar refractivity (Wildman–Crippen MR) is 212 cm³/mol. The lowest BCUT2D eigenvalue weighted by molar-refractivity contribution is 0.669. The van der Waals surface area contributed by atoms with Gasteiger partial charge in [0.15, 0.2) is 0 Å². The van der Waals surface area contributed by atoms with Crippen molar-refractivity contribution in [2.45, 2.75) is 0 Å².